The van der Waals surface area contributed by atoms with Gasteiger partial charge in [-0.05, 0) is 103 Å². The Labute approximate surface area is 680 Å². The average molecular weight is 1500 g/mol. The van der Waals surface area contributed by atoms with E-state index < -0.39 is 0 Å². The third-order valence-corrected chi connectivity index (χ3v) is 21.5. The Morgan fingerprint density at radius 3 is 0.778 bits per heavy atom. The van der Waals surface area contributed by atoms with E-state index in [0.29, 0.717) is 46.6 Å². The maximum Gasteiger partial charge on any atom is 0.164 e. The van der Waals surface area contributed by atoms with E-state index in [2.05, 4.69) is 281 Å². The van der Waals surface area contributed by atoms with Crippen molar-refractivity contribution in [1.29, 1.82) is 0 Å². The molecule has 20 rings (SSSR count). The SMILES string of the molecule is CC1(C)c2ccccc2-c2ccc(-c3nc(-c4ccccc4)nc(-c4ccc(-c5cccc(-c6cc(-c7ccccc7)nc(-c7ccccc7)n6)c5)cc4)n3)cc21.c1ccc(-c2nc(-c3cccc(-c4ccc(-c5nc(-c6ccccc6)nc(-c6ccccc6)n5)cc4)c3)cc(-c3ccc(-c4ccccc4)c(-c4ccccc4)c3)n2)cc1. The highest BCUT2D eigenvalue weighted by atomic mass is 15.0. The highest BCUT2D eigenvalue weighted by Gasteiger charge is 2.36. The molecular weight excluding hydrogens is 1430 g/mol. The molecule has 0 spiro atoms. The normalized spacial score (nSPS) is 11.7. The second-order valence-electron chi connectivity index (χ2n) is 29.5. The fraction of sp³-hybridized carbons (Fsp3) is 0.0280. The van der Waals surface area contributed by atoms with Crippen LogP contribution in [0.4, 0.5) is 0 Å². The predicted octanol–water partition coefficient (Wildman–Crippen LogP) is 26.3. The summed E-state index contributed by atoms with van der Waals surface area (Å²) in [6, 6.07) is 142. The molecule has 117 heavy (non-hydrogen) atoms. The van der Waals surface area contributed by atoms with Gasteiger partial charge in [-0.1, -0.05) is 390 Å². The van der Waals surface area contributed by atoms with E-state index >= 15 is 0 Å². The minimum absolute atomic E-state index is 0.130. The summed E-state index contributed by atoms with van der Waals surface area (Å²) >= 11 is 0. The van der Waals surface area contributed by atoms with E-state index in [1.165, 1.54) is 33.4 Å². The zero-order chi connectivity index (χ0) is 78.4. The summed E-state index contributed by atoms with van der Waals surface area (Å²) < 4.78 is 0. The van der Waals surface area contributed by atoms with Gasteiger partial charge in [0.15, 0.2) is 46.6 Å². The van der Waals surface area contributed by atoms with Gasteiger partial charge in [0.1, 0.15) is 0 Å². The van der Waals surface area contributed by atoms with Crippen LogP contribution in [0.25, 0.3) is 192 Å². The Kier molecular flexibility index (Phi) is 19.6. The van der Waals surface area contributed by atoms with Crippen LogP contribution in [0.3, 0.4) is 0 Å². The van der Waals surface area contributed by atoms with Crippen LogP contribution in [-0.2, 0) is 5.41 Å². The predicted molar refractivity (Wildman–Crippen MR) is 475 cm³/mol. The molecule has 0 aliphatic heterocycles. The molecule has 19 aromatic rings. The summed E-state index contributed by atoms with van der Waals surface area (Å²) in [6.07, 6.45) is 0. The maximum atomic E-state index is 5.18. The first kappa shape index (κ1) is 71.8. The quantitative estimate of drug-likeness (QED) is 0.0922. The summed E-state index contributed by atoms with van der Waals surface area (Å²) in [5.41, 5.74) is 29.1. The Hall–Kier alpha value is -15.5. The van der Waals surface area contributed by atoms with Crippen LogP contribution in [-0.4, -0.2) is 49.8 Å². The number of benzene rings is 15. The lowest BCUT2D eigenvalue weighted by Gasteiger charge is -2.21. The van der Waals surface area contributed by atoms with Gasteiger partial charge in [-0.15, -0.1) is 0 Å². The monoisotopic (exact) mass is 1500 g/mol. The van der Waals surface area contributed by atoms with Crippen LogP contribution in [0, 0.1) is 0 Å². The van der Waals surface area contributed by atoms with E-state index in [9.17, 15) is 0 Å². The van der Waals surface area contributed by atoms with Gasteiger partial charge in [0.25, 0.3) is 0 Å². The fourth-order valence-electron chi connectivity index (χ4n) is 15.4. The van der Waals surface area contributed by atoms with Gasteiger partial charge < -0.3 is 0 Å². The second kappa shape index (κ2) is 31.9. The summed E-state index contributed by atoms with van der Waals surface area (Å²) in [5, 5.41) is 0. The molecule has 10 heteroatoms. The molecule has 10 nitrogen and oxygen atoms in total. The molecule has 4 aromatic heterocycles. The Morgan fingerprint density at radius 2 is 0.385 bits per heavy atom. The van der Waals surface area contributed by atoms with Crippen molar-refractivity contribution in [3.8, 4) is 192 Å². The molecule has 1 aliphatic carbocycles. The largest absolute Gasteiger partial charge is 0.228 e. The van der Waals surface area contributed by atoms with E-state index in [4.69, 9.17) is 49.8 Å². The molecule has 0 atom stereocenters. The van der Waals surface area contributed by atoms with Gasteiger partial charge in [-0.3, -0.25) is 0 Å². The summed E-state index contributed by atoms with van der Waals surface area (Å²) in [5.74, 6) is 5.19. The number of fused-ring (bicyclic) bond motifs is 3. The first-order valence-electron chi connectivity index (χ1n) is 39.3. The molecule has 1 aliphatic rings. The molecule has 0 fully saturated rings. The van der Waals surface area contributed by atoms with Crippen LogP contribution in [0.15, 0.2) is 413 Å². The third kappa shape index (κ3) is 15.2. The van der Waals surface area contributed by atoms with Crippen LogP contribution >= 0.6 is 0 Å². The molecule has 0 saturated heterocycles. The zero-order valence-corrected chi connectivity index (χ0v) is 64.2. The second-order valence-corrected chi connectivity index (χ2v) is 29.5. The summed E-state index contributed by atoms with van der Waals surface area (Å²) in [4.78, 5) is 50.3. The molecule has 15 aromatic carbocycles. The van der Waals surface area contributed by atoms with Crippen LogP contribution in [0.2, 0.25) is 0 Å². The molecule has 552 valence electrons. The van der Waals surface area contributed by atoms with Crippen LogP contribution < -0.4 is 0 Å². The first-order chi connectivity index (χ1) is 57.7. The van der Waals surface area contributed by atoms with E-state index in [1.807, 2.05) is 146 Å². The topological polar surface area (TPSA) is 129 Å². The summed E-state index contributed by atoms with van der Waals surface area (Å²) in [6.45, 7) is 4.59. The molecule has 0 radical (unpaired) electrons. The molecule has 0 unspecified atom stereocenters. The number of hydrogen-bond acceptors (Lipinski definition) is 10. The standard InChI is InChI=1S/C55H37N5.C52H37N5/c1-6-17-39(18-7-1)48-34-33-47(36-49(48)40-19-8-2-9-20-40)51-37-50(56-52(57-51)41-21-10-3-11-22-41)46-28-16-27-45(35-46)38-29-31-44(32-30-38)55-59-53(42-23-12-4-13-24-42)58-54(60-55)43-25-14-5-15-26-43;1-52(2)44-24-13-12-23-42(44)43-30-29-41(32-45(43)52)51-56-49(37-19-10-5-11-20-37)55-50(57-51)38-27-25-34(26-28-38)39-21-14-22-40(31-39)47-33-46(35-15-6-3-7-16-35)53-48(54-47)36-17-8-4-9-18-36/h1-37H;3-33H,1-2H3. The maximum absolute atomic E-state index is 5.18. The lowest BCUT2D eigenvalue weighted by atomic mass is 9.82. The highest BCUT2D eigenvalue weighted by Crippen LogP contribution is 2.50. The van der Waals surface area contributed by atoms with Crippen molar-refractivity contribution >= 4 is 0 Å². The van der Waals surface area contributed by atoms with E-state index in [-0.39, 0.29) is 5.41 Å². The zero-order valence-electron chi connectivity index (χ0n) is 64.2. The van der Waals surface area contributed by atoms with Gasteiger partial charge in [0.05, 0.1) is 22.8 Å². The van der Waals surface area contributed by atoms with Gasteiger partial charge >= 0.3 is 0 Å². The number of nitrogens with zero attached hydrogens (tertiary/aromatic N) is 10. The molecule has 0 amide bonds. The van der Waals surface area contributed by atoms with Crippen LogP contribution in [0.1, 0.15) is 25.0 Å². The minimum Gasteiger partial charge on any atom is -0.228 e. The Balaban J connectivity index is 0.000000156. The first-order valence-corrected chi connectivity index (χ1v) is 39.3. The van der Waals surface area contributed by atoms with Crippen molar-refractivity contribution in [2.24, 2.45) is 0 Å². The lowest BCUT2D eigenvalue weighted by Crippen LogP contribution is -2.15. The van der Waals surface area contributed by atoms with Gasteiger partial charge in [0, 0.05) is 72.2 Å². The number of aromatic nitrogens is 10. The molecule has 0 bridgehead atoms. The minimum atomic E-state index is -0.130. The van der Waals surface area contributed by atoms with Crippen molar-refractivity contribution in [3.63, 3.8) is 0 Å². The van der Waals surface area contributed by atoms with Gasteiger partial charge in [0.2, 0.25) is 0 Å². The van der Waals surface area contributed by atoms with E-state index in [1.54, 1.807) is 0 Å². The van der Waals surface area contributed by atoms with E-state index in [0.717, 1.165) is 123 Å². The number of rotatable bonds is 16. The number of hydrogen-bond donors (Lipinski definition) is 0. The van der Waals surface area contributed by atoms with Crippen molar-refractivity contribution in [3.05, 3.63) is 424 Å². The fourth-order valence-corrected chi connectivity index (χ4v) is 15.4. The summed E-state index contributed by atoms with van der Waals surface area (Å²) in [7, 11) is 0. The smallest absolute Gasteiger partial charge is 0.164 e. The van der Waals surface area contributed by atoms with Crippen LogP contribution in [0.5, 0.6) is 0 Å². The van der Waals surface area contributed by atoms with Gasteiger partial charge in [-0.25, -0.2) is 49.8 Å². The Morgan fingerprint density at radius 1 is 0.137 bits per heavy atom. The molecule has 0 saturated carbocycles. The highest BCUT2D eigenvalue weighted by molar-refractivity contribution is 5.89. The third-order valence-electron chi connectivity index (χ3n) is 21.5. The van der Waals surface area contributed by atoms with Crippen molar-refractivity contribution in [2.45, 2.75) is 19.3 Å². The molecule has 0 N–H and O–H groups in total. The van der Waals surface area contributed by atoms with Crippen molar-refractivity contribution in [1.82, 2.24) is 49.8 Å². The molecule has 4 heterocycles. The molecular formula is C107H74N10. The average Bonchev–Trinajstić information content (AvgIpc) is 1.58. The van der Waals surface area contributed by atoms with Crippen molar-refractivity contribution < 1.29 is 0 Å². The van der Waals surface area contributed by atoms with Gasteiger partial charge in [-0.2, -0.15) is 0 Å². The van der Waals surface area contributed by atoms with Crippen molar-refractivity contribution in [2.75, 3.05) is 0 Å². The Bertz CT molecular complexity index is 6660. The lowest BCUT2D eigenvalue weighted by molar-refractivity contribution is 0.660.